The Morgan fingerprint density at radius 1 is 1.21 bits per heavy atom. The number of amides is 2. The molecule has 1 heterocycles. The van der Waals surface area contributed by atoms with E-state index >= 15 is 0 Å². The predicted octanol–water partition coefficient (Wildman–Crippen LogP) is 3.89. The Morgan fingerprint density at radius 2 is 1.97 bits per heavy atom. The highest BCUT2D eigenvalue weighted by Crippen LogP contribution is 2.42. The fourth-order valence-corrected chi connectivity index (χ4v) is 4.16. The summed E-state index contributed by atoms with van der Waals surface area (Å²) in [5.41, 5.74) is 2.04. The van der Waals surface area contributed by atoms with Crippen LogP contribution >= 0.6 is 11.8 Å². The van der Waals surface area contributed by atoms with Gasteiger partial charge in [0, 0.05) is 17.8 Å². The average Bonchev–Trinajstić information content (AvgIpc) is 3.09. The van der Waals surface area contributed by atoms with Crippen LogP contribution in [0.4, 0.5) is 15.8 Å². The minimum absolute atomic E-state index is 0.0185. The number of carbonyl (C=O) groups excluding carboxylic acids is 3. The highest BCUT2D eigenvalue weighted by atomic mass is 32.2. The lowest BCUT2D eigenvalue weighted by atomic mass is 10.1. The van der Waals surface area contributed by atoms with Gasteiger partial charge in [-0.1, -0.05) is 12.1 Å². The summed E-state index contributed by atoms with van der Waals surface area (Å²) in [7, 11) is 0. The summed E-state index contributed by atoms with van der Waals surface area (Å²) in [6.07, 6.45) is 0.0477. The third kappa shape index (κ3) is 5.35. The second-order valence-electron chi connectivity index (χ2n) is 6.38. The number of hydrogen-bond acceptors (Lipinski definition) is 5. The molecule has 0 radical (unpaired) electrons. The lowest BCUT2D eigenvalue weighted by Gasteiger charge is -2.24. The van der Waals surface area contributed by atoms with Gasteiger partial charge in [0.05, 0.1) is 18.8 Å². The summed E-state index contributed by atoms with van der Waals surface area (Å²) in [5.74, 6) is -0.807. The molecule has 29 heavy (non-hydrogen) atoms. The maximum absolute atomic E-state index is 13.2. The number of halogens is 1. The summed E-state index contributed by atoms with van der Waals surface area (Å²) in [4.78, 5) is 37.5. The number of rotatable bonds is 7. The maximum atomic E-state index is 13.2. The molecule has 2 aromatic carbocycles. The molecule has 152 valence electrons. The Bertz CT molecular complexity index is 904. The van der Waals surface area contributed by atoms with Gasteiger partial charge in [-0.25, -0.2) is 4.39 Å². The van der Waals surface area contributed by atoms with Crippen LogP contribution < -0.4 is 10.2 Å². The van der Waals surface area contributed by atoms with Crippen LogP contribution in [0.5, 0.6) is 0 Å². The zero-order chi connectivity index (χ0) is 20.8. The first kappa shape index (κ1) is 20.9. The first-order valence-electron chi connectivity index (χ1n) is 9.22. The second-order valence-corrected chi connectivity index (χ2v) is 7.45. The first-order valence-corrected chi connectivity index (χ1v) is 10.3. The van der Waals surface area contributed by atoms with Gasteiger partial charge in [0.15, 0.2) is 0 Å². The molecule has 6 nitrogen and oxygen atoms in total. The lowest BCUT2D eigenvalue weighted by molar-refractivity contribution is -0.144. The van der Waals surface area contributed by atoms with Crippen molar-refractivity contribution in [3.8, 4) is 0 Å². The molecular weight excluding hydrogens is 395 g/mol. The molecule has 1 aliphatic rings. The summed E-state index contributed by atoms with van der Waals surface area (Å²) < 4.78 is 18.1. The highest BCUT2D eigenvalue weighted by Gasteiger charge is 2.34. The fraction of sp³-hybridized carbons (Fsp3) is 0.286. The molecule has 8 heteroatoms. The standard InChI is InChI=1S/C21H21FN2O4S/c1-2-28-20(27)11-10-18(25)23-16-5-3-4-14(12-16)21-24(19(26)13-29-21)17-8-6-15(22)7-9-17/h3-9,12,21H,2,10-11,13H2,1H3,(H,23,25)/t21-/m1/s1. The Labute approximate surface area is 172 Å². The fourth-order valence-electron chi connectivity index (χ4n) is 2.99. The van der Waals surface area contributed by atoms with E-state index in [1.54, 1.807) is 42.2 Å². The second kappa shape index (κ2) is 9.56. The van der Waals surface area contributed by atoms with Crippen molar-refractivity contribution in [3.05, 3.63) is 59.9 Å². The summed E-state index contributed by atoms with van der Waals surface area (Å²) >= 11 is 1.47. The van der Waals surface area contributed by atoms with E-state index < -0.39 is 5.97 Å². The van der Waals surface area contributed by atoms with Gasteiger partial charge in [-0.2, -0.15) is 0 Å². The predicted molar refractivity (Wildman–Crippen MR) is 110 cm³/mol. The Balaban J connectivity index is 1.71. The maximum Gasteiger partial charge on any atom is 0.306 e. The Hall–Kier alpha value is -2.87. The van der Waals surface area contributed by atoms with Crippen LogP contribution in [0.15, 0.2) is 48.5 Å². The van der Waals surface area contributed by atoms with Gasteiger partial charge in [0.1, 0.15) is 11.2 Å². The van der Waals surface area contributed by atoms with E-state index in [9.17, 15) is 18.8 Å². The smallest absolute Gasteiger partial charge is 0.306 e. The summed E-state index contributed by atoms with van der Waals surface area (Å²) in [5, 5.41) is 2.49. The molecule has 0 unspecified atom stereocenters. The average molecular weight is 416 g/mol. The van der Waals surface area contributed by atoms with Crippen molar-refractivity contribution in [2.45, 2.75) is 25.1 Å². The Kier molecular flexibility index (Phi) is 6.87. The molecular formula is C21H21FN2O4S. The van der Waals surface area contributed by atoms with Crippen LogP contribution in [0.1, 0.15) is 30.7 Å². The summed E-state index contributed by atoms with van der Waals surface area (Å²) in [6.45, 7) is 2.00. The number of esters is 1. The molecule has 2 amide bonds. The molecule has 0 saturated carbocycles. The molecule has 0 spiro atoms. The van der Waals surface area contributed by atoms with E-state index in [-0.39, 0.29) is 42.5 Å². The van der Waals surface area contributed by atoms with Gasteiger partial charge in [-0.15, -0.1) is 11.8 Å². The van der Waals surface area contributed by atoms with Crippen LogP contribution in [-0.2, 0) is 19.1 Å². The molecule has 2 aromatic rings. The number of carbonyl (C=O) groups is 3. The van der Waals surface area contributed by atoms with Gasteiger partial charge in [-0.3, -0.25) is 19.3 Å². The highest BCUT2D eigenvalue weighted by molar-refractivity contribution is 8.00. The van der Waals surface area contributed by atoms with Crippen LogP contribution in [0.25, 0.3) is 0 Å². The normalized spacial score (nSPS) is 16.0. The third-order valence-electron chi connectivity index (χ3n) is 4.29. The number of nitrogens with one attached hydrogen (secondary N) is 1. The van der Waals surface area contributed by atoms with Crippen LogP contribution in [0, 0.1) is 5.82 Å². The van der Waals surface area contributed by atoms with Gasteiger partial charge in [0.25, 0.3) is 0 Å². The molecule has 1 atom stereocenters. The zero-order valence-electron chi connectivity index (χ0n) is 15.9. The SMILES string of the molecule is CCOC(=O)CCC(=O)Nc1cccc([C@H]2SCC(=O)N2c2ccc(F)cc2)c1. The molecule has 0 aromatic heterocycles. The lowest BCUT2D eigenvalue weighted by Crippen LogP contribution is -2.27. The van der Waals surface area contributed by atoms with Crippen molar-refractivity contribution in [1.82, 2.24) is 0 Å². The molecule has 1 fully saturated rings. The molecule has 0 aliphatic carbocycles. The number of hydrogen-bond donors (Lipinski definition) is 1. The minimum Gasteiger partial charge on any atom is -0.466 e. The number of ether oxygens (including phenoxy) is 1. The van der Waals surface area contributed by atoms with E-state index in [0.717, 1.165) is 5.56 Å². The van der Waals surface area contributed by atoms with E-state index in [4.69, 9.17) is 4.74 Å². The van der Waals surface area contributed by atoms with E-state index in [1.807, 2.05) is 6.07 Å². The van der Waals surface area contributed by atoms with Crippen molar-refractivity contribution < 1.29 is 23.5 Å². The van der Waals surface area contributed by atoms with Gasteiger partial charge < -0.3 is 10.1 Å². The van der Waals surface area contributed by atoms with Crippen LogP contribution in [0.2, 0.25) is 0 Å². The first-order chi connectivity index (χ1) is 14.0. The van der Waals surface area contributed by atoms with E-state index in [2.05, 4.69) is 5.32 Å². The molecule has 1 N–H and O–H groups in total. The molecule has 3 rings (SSSR count). The largest absolute Gasteiger partial charge is 0.466 e. The van der Waals surface area contributed by atoms with Crippen LogP contribution in [-0.4, -0.2) is 30.1 Å². The van der Waals surface area contributed by atoms with E-state index in [0.29, 0.717) is 17.1 Å². The number of anilines is 2. The molecule has 0 bridgehead atoms. The number of thioether (sulfide) groups is 1. The van der Waals surface area contributed by atoms with Crippen molar-refractivity contribution >= 4 is 40.9 Å². The van der Waals surface area contributed by atoms with Gasteiger partial charge in [-0.05, 0) is 48.9 Å². The van der Waals surface area contributed by atoms with Crippen molar-refractivity contribution in [3.63, 3.8) is 0 Å². The molecule has 1 saturated heterocycles. The zero-order valence-corrected chi connectivity index (χ0v) is 16.7. The number of nitrogens with zero attached hydrogens (tertiary/aromatic N) is 1. The van der Waals surface area contributed by atoms with Crippen LogP contribution in [0.3, 0.4) is 0 Å². The third-order valence-corrected chi connectivity index (χ3v) is 5.50. The van der Waals surface area contributed by atoms with Crippen molar-refractivity contribution in [2.75, 3.05) is 22.6 Å². The van der Waals surface area contributed by atoms with Gasteiger partial charge >= 0.3 is 5.97 Å². The van der Waals surface area contributed by atoms with Crippen molar-refractivity contribution in [2.24, 2.45) is 0 Å². The monoisotopic (exact) mass is 416 g/mol. The van der Waals surface area contributed by atoms with E-state index in [1.165, 1.54) is 23.9 Å². The quantitative estimate of drug-likeness (QED) is 0.693. The Morgan fingerprint density at radius 3 is 2.69 bits per heavy atom. The minimum atomic E-state index is -0.410. The van der Waals surface area contributed by atoms with Crippen molar-refractivity contribution in [1.29, 1.82) is 0 Å². The molecule has 1 aliphatic heterocycles. The summed E-state index contributed by atoms with van der Waals surface area (Å²) in [6, 6.07) is 13.0. The number of benzene rings is 2. The van der Waals surface area contributed by atoms with Gasteiger partial charge in [0.2, 0.25) is 11.8 Å². The topological polar surface area (TPSA) is 75.7 Å².